The number of piperidine rings is 1. The van der Waals surface area contributed by atoms with Crippen LogP contribution in [0.5, 0.6) is 11.5 Å². The zero-order valence-corrected chi connectivity index (χ0v) is 24.0. The third-order valence-electron chi connectivity index (χ3n) is 10.3. The molecule has 2 N–H and O–H groups in total. The van der Waals surface area contributed by atoms with E-state index in [9.17, 15) is 9.90 Å². The van der Waals surface area contributed by atoms with E-state index in [0.29, 0.717) is 11.8 Å². The number of ether oxygens (including phenoxy) is 2. The quantitative estimate of drug-likeness (QED) is 0.556. The number of nitrogens with zero attached hydrogens (tertiary/aromatic N) is 1. The lowest BCUT2D eigenvalue weighted by atomic mass is 9.76. The maximum Gasteiger partial charge on any atom is 0.335 e. The number of benzene rings is 2. The molecule has 0 spiro atoms. The van der Waals surface area contributed by atoms with Crippen LogP contribution < -0.4 is 19.3 Å². The number of hydrogen-bond acceptors (Lipinski definition) is 4. The molecule has 5 heterocycles. The number of nitrogens with one attached hydrogen (secondary N) is 1. The molecule has 0 saturated carbocycles. The first-order chi connectivity index (χ1) is 20.1. The normalized spacial score (nSPS) is 24.6. The summed E-state index contributed by atoms with van der Waals surface area (Å²) in [6.07, 6.45) is 13.9. The molecular formula is C35H39N2O4+. The monoisotopic (exact) mass is 551 g/mol. The molecule has 5 aliphatic heterocycles. The number of carboxylic acid groups (broad SMARTS) is 1. The molecular weight excluding hydrogens is 512 g/mol. The zero-order valence-electron chi connectivity index (χ0n) is 24.0. The number of hydrogen-bond donors (Lipinski definition) is 2. The number of allylic oxidation sites excluding steroid dienone is 1. The van der Waals surface area contributed by atoms with Crippen LogP contribution in [-0.2, 0) is 12.8 Å². The Kier molecular flexibility index (Phi) is 6.03. The summed E-state index contributed by atoms with van der Waals surface area (Å²) in [4.78, 5) is 16.5. The number of quaternary nitrogens is 1. The van der Waals surface area contributed by atoms with Gasteiger partial charge in [-0.3, -0.25) is 0 Å². The molecule has 6 nitrogen and oxygen atoms in total. The summed E-state index contributed by atoms with van der Waals surface area (Å²) in [5.41, 5.74) is 11.6. The van der Waals surface area contributed by atoms with E-state index in [1.807, 2.05) is 12.1 Å². The van der Waals surface area contributed by atoms with Gasteiger partial charge in [-0.25, -0.2) is 4.79 Å². The number of carbonyl (C=O) groups is 1. The van der Waals surface area contributed by atoms with Gasteiger partial charge in [-0.05, 0) is 99.3 Å². The van der Waals surface area contributed by atoms with Gasteiger partial charge in [-0.15, -0.1) is 0 Å². The third kappa shape index (κ3) is 3.90. The first-order valence-corrected chi connectivity index (χ1v) is 15.7. The van der Waals surface area contributed by atoms with E-state index >= 15 is 0 Å². The summed E-state index contributed by atoms with van der Waals surface area (Å²) < 4.78 is 13.1. The molecule has 0 radical (unpaired) electrons. The molecule has 8 rings (SSSR count). The maximum atomic E-state index is 12.2. The standard InChI is InChI=1S/C35H38N2O4/c1-40-29-13-12-23(35(38)39)20-26(29)30-27-18-21-8-2-4-14-36-16-6-10-24(31(21)36)33(27)41-34-25-11-7-17-37-15-5-3-9-22(32(25)37)19-28(30)34/h12-13,18-20,31H,2-11,14-17H2,1H3,(H,38,39)/p+1. The van der Waals surface area contributed by atoms with Crippen LogP contribution in [-0.4, -0.2) is 50.4 Å². The minimum absolute atomic E-state index is 0.280. The van der Waals surface area contributed by atoms with Crippen molar-refractivity contribution in [3.05, 3.63) is 80.6 Å². The fourth-order valence-corrected chi connectivity index (χ4v) is 8.62. The number of carboxylic acids is 1. The largest absolute Gasteiger partial charge is 0.496 e. The smallest absolute Gasteiger partial charge is 0.335 e. The van der Waals surface area contributed by atoms with E-state index in [0.717, 1.165) is 79.0 Å². The maximum absolute atomic E-state index is 12.2. The Labute approximate surface area is 241 Å². The van der Waals surface area contributed by atoms with Crippen molar-refractivity contribution in [2.75, 3.05) is 38.2 Å². The van der Waals surface area contributed by atoms with E-state index in [1.165, 1.54) is 73.2 Å². The number of aromatic carboxylic acids is 1. The molecule has 2 fully saturated rings. The fourth-order valence-electron chi connectivity index (χ4n) is 8.62. The lowest BCUT2D eigenvalue weighted by Gasteiger charge is -2.41. The summed E-state index contributed by atoms with van der Waals surface area (Å²) in [6, 6.07) is 8.08. The third-order valence-corrected chi connectivity index (χ3v) is 10.3. The Morgan fingerprint density at radius 1 is 0.976 bits per heavy atom. The van der Waals surface area contributed by atoms with Crippen LogP contribution in [0.4, 0.5) is 5.69 Å². The van der Waals surface area contributed by atoms with Gasteiger partial charge in [-0.2, -0.15) is 0 Å². The van der Waals surface area contributed by atoms with Crippen molar-refractivity contribution >= 4 is 17.2 Å². The van der Waals surface area contributed by atoms with Gasteiger partial charge in [0.1, 0.15) is 23.3 Å². The second-order valence-electron chi connectivity index (χ2n) is 12.6. The van der Waals surface area contributed by atoms with Gasteiger partial charge in [0.25, 0.3) is 0 Å². The topological polar surface area (TPSA) is 63.4 Å². The molecule has 0 bridgehead atoms. The van der Waals surface area contributed by atoms with Crippen molar-refractivity contribution in [3.8, 4) is 11.5 Å². The molecule has 41 heavy (non-hydrogen) atoms. The molecule has 1 aliphatic carbocycles. The first-order valence-electron chi connectivity index (χ1n) is 15.7. The number of rotatable bonds is 3. The molecule has 2 saturated heterocycles. The van der Waals surface area contributed by atoms with Crippen LogP contribution >= 0.6 is 0 Å². The van der Waals surface area contributed by atoms with Crippen LogP contribution in [0.15, 0.2) is 52.8 Å². The van der Waals surface area contributed by atoms with E-state index in [1.54, 1.807) is 18.1 Å². The summed E-state index contributed by atoms with van der Waals surface area (Å²) in [7, 11) is 1.69. The van der Waals surface area contributed by atoms with Gasteiger partial charge in [0.05, 0.1) is 25.8 Å². The highest BCUT2D eigenvalue weighted by molar-refractivity contribution is 5.97. The van der Waals surface area contributed by atoms with Crippen LogP contribution in [0, 0.1) is 0 Å². The van der Waals surface area contributed by atoms with Gasteiger partial charge >= 0.3 is 5.97 Å². The molecule has 2 aromatic rings. The fraction of sp³-hybridized carbons (Fsp3) is 0.457. The second kappa shape index (κ2) is 9.80. The van der Waals surface area contributed by atoms with Gasteiger partial charge in [0.2, 0.25) is 0 Å². The summed E-state index contributed by atoms with van der Waals surface area (Å²) >= 11 is 0. The van der Waals surface area contributed by atoms with Gasteiger partial charge in [0, 0.05) is 58.6 Å². The second-order valence-corrected chi connectivity index (χ2v) is 12.6. The van der Waals surface area contributed by atoms with Crippen LogP contribution in [0.3, 0.4) is 0 Å². The molecule has 6 aliphatic rings. The Bertz CT molecular complexity index is 1560. The van der Waals surface area contributed by atoms with Gasteiger partial charge in [0.15, 0.2) is 0 Å². The number of methoxy groups -OCH3 is 1. The highest BCUT2D eigenvalue weighted by Crippen LogP contribution is 2.53. The van der Waals surface area contributed by atoms with E-state index in [4.69, 9.17) is 9.47 Å². The van der Waals surface area contributed by atoms with Gasteiger partial charge in [-0.1, -0.05) is 0 Å². The summed E-state index contributed by atoms with van der Waals surface area (Å²) in [5.74, 6) is 1.81. The van der Waals surface area contributed by atoms with Crippen molar-refractivity contribution in [2.45, 2.75) is 70.3 Å². The molecule has 0 amide bonds. The van der Waals surface area contributed by atoms with Crippen LogP contribution in [0.25, 0.3) is 5.57 Å². The highest BCUT2D eigenvalue weighted by atomic mass is 16.5. The van der Waals surface area contributed by atoms with Crippen LogP contribution in [0.2, 0.25) is 0 Å². The molecule has 2 aromatic carbocycles. The Hall–Kier alpha value is -3.51. The predicted molar refractivity (Wildman–Crippen MR) is 159 cm³/mol. The lowest BCUT2D eigenvalue weighted by molar-refractivity contribution is -0.917. The summed E-state index contributed by atoms with van der Waals surface area (Å²) in [5, 5.41) is 10.00. The Morgan fingerprint density at radius 3 is 2.71 bits per heavy atom. The zero-order chi connectivity index (χ0) is 27.7. The number of aryl methyl sites for hydroxylation is 1. The van der Waals surface area contributed by atoms with E-state index < -0.39 is 5.97 Å². The predicted octanol–water partition coefficient (Wildman–Crippen LogP) is 5.10. The first kappa shape index (κ1) is 25.2. The SMILES string of the molecule is COc1ccc(C(=O)O)cc1C1=C2C=C3CCCC[NH+]4CCCC(=C2Oc2c1cc1c5c2CCCN5CCCC1)C34. The molecule has 2 atom stereocenters. The van der Waals surface area contributed by atoms with Crippen molar-refractivity contribution in [1.82, 2.24) is 0 Å². The Morgan fingerprint density at radius 2 is 1.83 bits per heavy atom. The van der Waals surface area contributed by atoms with Crippen molar-refractivity contribution in [3.63, 3.8) is 0 Å². The van der Waals surface area contributed by atoms with Crippen molar-refractivity contribution in [2.24, 2.45) is 0 Å². The molecule has 6 heteroatoms. The lowest BCUT2D eigenvalue weighted by Crippen LogP contribution is -3.16. The van der Waals surface area contributed by atoms with Crippen molar-refractivity contribution < 1.29 is 24.3 Å². The molecule has 212 valence electrons. The molecule has 0 aromatic heterocycles. The van der Waals surface area contributed by atoms with Gasteiger partial charge < -0.3 is 24.4 Å². The van der Waals surface area contributed by atoms with E-state index in [2.05, 4.69) is 17.0 Å². The number of anilines is 1. The Balaban J connectivity index is 1.46. The van der Waals surface area contributed by atoms with Crippen molar-refractivity contribution in [1.29, 1.82) is 0 Å². The minimum Gasteiger partial charge on any atom is -0.496 e. The average Bonchev–Trinajstić information content (AvgIpc) is 3.34. The van der Waals surface area contributed by atoms with E-state index in [-0.39, 0.29) is 5.56 Å². The molecule has 2 unspecified atom stereocenters. The average molecular weight is 552 g/mol. The van der Waals surface area contributed by atoms with Crippen LogP contribution in [0.1, 0.15) is 84.0 Å². The highest BCUT2D eigenvalue weighted by Gasteiger charge is 2.44. The minimum atomic E-state index is -0.921. The summed E-state index contributed by atoms with van der Waals surface area (Å²) in [6.45, 7) is 4.68. The number of fused-ring (bicyclic) bond motifs is 3.